The summed E-state index contributed by atoms with van der Waals surface area (Å²) in [6, 6.07) is -0.422. The second-order valence-electron chi connectivity index (χ2n) is 3.70. The molecule has 0 aromatic heterocycles. The van der Waals surface area contributed by atoms with E-state index in [2.05, 4.69) is 0 Å². The lowest BCUT2D eigenvalue weighted by atomic mass is 9.98. The number of rotatable bonds is 3. The quantitative estimate of drug-likeness (QED) is 0.661. The molecule has 0 aliphatic carbocycles. The molecular weight excluding hydrogens is 170 g/mol. The Hall–Kier alpha value is -0.610. The number of carbonyl (C=O) groups is 1. The molecule has 0 saturated carbocycles. The summed E-state index contributed by atoms with van der Waals surface area (Å²) in [5.41, 5.74) is 0. The van der Waals surface area contributed by atoms with Crippen LogP contribution in [-0.4, -0.2) is 46.8 Å². The van der Waals surface area contributed by atoms with Gasteiger partial charge in [0.25, 0.3) is 0 Å². The van der Waals surface area contributed by atoms with Crippen LogP contribution in [0.3, 0.4) is 0 Å². The van der Waals surface area contributed by atoms with E-state index in [-0.39, 0.29) is 12.5 Å². The van der Waals surface area contributed by atoms with Crippen molar-refractivity contribution in [3.05, 3.63) is 0 Å². The number of piperidine rings is 1. The number of nitrogens with zero attached hydrogens (tertiary/aromatic N) is 1. The molecule has 13 heavy (non-hydrogen) atoms. The predicted octanol–water partition coefficient (Wildman–Crippen LogP) is 0.164. The fourth-order valence-electron chi connectivity index (χ4n) is 1.75. The molecule has 76 valence electrons. The molecule has 0 radical (unpaired) electrons. The minimum Gasteiger partial charge on any atom is -0.480 e. The molecule has 1 aliphatic rings. The average molecular weight is 187 g/mol. The average Bonchev–Trinajstić information content (AvgIpc) is 2.16. The number of hydrogen-bond acceptors (Lipinski definition) is 3. The monoisotopic (exact) mass is 187 g/mol. The maximum absolute atomic E-state index is 10.7. The maximum Gasteiger partial charge on any atom is 0.320 e. The molecule has 0 unspecified atom stereocenters. The standard InChI is InChI=1S/C9H17NO3/c1-7(9(12)13)10-4-2-3-8(5-10)6-11/h7-8,11H,2-6H2,1H3,(H,12,13)/t7-,8+/m0/s1. The van der Waals surface area contributed by atoms with Gasteiger partial charge in [-0.3, -0.25) is 9.69 Å². The number of aliphatic hydroxyl groups excluding tert-OH is 1. The minimum absolute atomic E-state index is 0.169. The highest BCUT2D eigenvalue weighted by molar-refractivity contribution is 5.72. The van der Waals surface area contributed by atoms with Gasteiger partial charge in [0, 0.05) is 13.2 Å². The fourth-order valence-corrected chi connectivity index (χ4v) is 1.75. The third-order valence-electron chi connectivity index (χ3n) is 2.71. The molecule has 1 rings (SSSR count). The van der Waals surface area contributed by atoms with Gasteiger partial charge in [-0.2, -0.15) is 0 Å². The SMILES string of the molecule is C[C@@H](C(=O)O)N1CCC[C@@H](CO)C1. The molecule has 1 saturated heterocycles. The van der Waals surface area contributed by atoms with E-state index in [1.807, 2.05) is 4.90 Å². The first-order valence-corrected chi connectivity index (χ1v) is 4.73. The van der Waals surface area contributed by atoms with E-state index in [1.165, 1.54) is 0 Å². The van der Waals surface area contributed by atoms with Crippen LogP contribution in [0.25, 0.3) is 0 Å². The Kier molecular flexibility index (Phi) is 3.69. The van der Waals surface area contributed by atoms with Gasteiger partial charge in [-0.1, -0.05) is 0 Å². The lowest BCUT2D eigenvalue weighted by molar-refractivity contribution is -0.143. The summed E-state index contributed by atoms with van der Waals surface area (Å²) in [6.07, 6.45) is 2.00. The Morgan fingerprint density at radius 3 is 2.92 bits per heavy atom. The van der Waals surface area contributed by atoms with Crippen molar-refractivity contribution >= 4 is 5.97 Å². The smallest absolute Gasteiger partial charge is 0.320 e. The van der Waals surface area contributed by atoms with Gasteiger partial charge in [-0.05, 0) is 32.2 Å². The molecular formula is C9H17NO3. The molecule has 0 amide bonds. The number of hydrogen-bond donors (Lipinski definition) is 2. The van der Waals surface area contributed by atoms with Gasteiger partial charge in [-0.15, -0.1) is 0 Å². The Labute approximate surface area is 78.2 Å². The molecule has 1 heterocycles. The molecule has 1 aliphatic heterocycles. The van der Waals surface area contributed by atoms with Crippen molar-refractivity contribution in [2.75, 3.05) is 19.7 Å². The summed E-state index contributed by atoms with van der Waals surface area (Å²) in [5, 5.41) is 17.7. The van der Waals surface area contributed by atoms with E-state index in [0.29, 0.717) is 6.54 Å². The zero-order valence-corrected chi connectivity index (χ0v) is 7.94. The largest absolute Gasteiger partial charge is 0.480 e. The molecule has 4 nitrogen and oxygen atoms in total. The van der Waals surface area contributed by atoms with Crippen LogP contribution in [-0.2, 0) is 4.79 Å². The molecule has 4 heteroatoms. The first-order valence-electron chi connectivity index (χ1n) is 4.73. The van der Waals surface area contributed by atoms with Crippen LogP contribution in [0.15, 0.2) is 0 Å². The zero-order valence-electron chi connectivity index (χ0n) is 7.94. The summed E-state index contributed by atoms with van der Waals surface area (Å²) in [4.78, 5) is 12.6. The predicted molar refractivity (Wildman–Crippen MR) is 48.5 cm³/mol. The van der Waals surface area contributed by atoms with Crippen molar-refractivity contribution in [3.63, 3.8) is 0 Å². The third kappa shape index (κ3) is 2.67. The highest BCUT2D eigenvalue weighted by Crippen LogP contribution is 2.17. The molecule has 0 aromatic rings. The van der Waals surface area contributed by atoms with Gasteiger partial charge < -0.3 is 10.2 Å². The molecule has 0 bridgehead atoms. The van der Waals surface area contributed by atoms with Gasteiger partial charge in [0.05, 0.1) is 0 Å². The Morgan fingerprint density at radius 2 is 2.38 bits per heavy atom. The molecule has 0 aromatic carbocycles. The van der Waals surface area contributed by atoms with Gasteiger partial charge in [0.15, 0.2) is 0 Å². The van der Waals surface area contributed by atoms with Crippen LogP contribution < -0.4 is 0 Å². The van der Waals surface area contributed by atoms with E-state index < -0.39 is 12.0 Å². The molecule has 2 atom stereocenters. The highest BCUT2D eigenvalue weighted by Gasteiger charge is 2.26. The number of likely N-dealkylation sites (tertiary alicyclic amines) is 1. The zero-order chi connectivity index (χ0) is 9.84. The Balaban J connectivity index is 2.46. The van der Waals surface area contributed by atoms with Crippen molar-refractivity contribution in [1.29, 1.82) is 0 Å². The van der Waals surface area contributed by atoms with Gasteiger partial charge in [0.1, 0.15) is 6.04 Å². The number of carboxylic acids is 1. The van der Waals surface area contributed by atoms with Gasteiger partial charge in [0.2, 0.25) is 0 Å². The van der Waals surface area contributed by atoms with E-state index in [0.717, 1.165) is 19.4 Å². The summed E-state index contributed by atoms with van der Waals surface area (Å²) in [6.45, 7) is 3.42. The van der Waals surface area contributed by atoms with E-state index in [9.17, 15) is 4.79 Å². The van der Waals surface area contributed by atoms with Crippen molar-refractivity contribution < 1.29 is 15.0 Å². The normalized spacial score (nSPS) is 27.1. The third-order valence-corrected chi connectivity index (χ3v) is 2.71. The van der Waals surface area contributed by atoms with Crippen LogP contribution in [0.1, 0.15) is 19.8 Å². The van der Waals surface area contributed by atoms with Crippen molar-refractivity contribution in [2.45, 2.75) is 25.8 Å². The highest BCUT2D eigenvalue weighted by atomic mass is 16.4. The first-order chi connectivity index (χ1) is 6.15. The van der Waals surface area contributed by atoms with Crippen LogP contribution in [0.2, 0.25) is 0 Å². The number of aliphatic hydroxyl groups is 1. The van der Waals surface area contributed by atoms with Crippen LogP contribution in [0.4, 0.5) is 0 Å². The topological polar surface area (TPSA) is 60.8 Å². The van der Waals surface area contributed by atoms with Crippen molar-refractivity contribution in [1.82, 2.24) is 4.90 Å². The summed E-state index contributed by atoms with van der Waals surface area (Å²) in [7, 11) is 0. The number of aliphatic carboxylic acids is 1. The second kappa shape index (κ2) is 4.58. The lowest BCUT2D eigenvalue weighted by Crippen LogP contribution is -2.45. The molecule has 2 N–H and O–H groups in total. The summed E-state index contributed by atoms with van der Waals surface area (Å²) < 4.78 is 0. The fraction of sp³-hybridized carbons (Fsp3) is 0.889. The number of carboxylic acid groups (broad SMARTS) is 1. The van der Waals surface area contributed by atoms with E-state index in [4.69, 9.17) is 10.2 Å². The van der Waals surface area contributed by atoms with E-state index in [1.54, 1.807) is 6.92 Å². The summed E-state index contributed by atoms with van der Waals surface area (Å²) in [5.74, 6) is -0.519. The van der Waals surface area contributed by atoms with Crippen LogP contribution >= 0.6 is 0 Å². The Morgan fingerprint density at radius 1 is 1.69 bits per heavy atom. The van der Waals surface area contributed by atoms with Crippen molar-refractivity contribution in [2.24, 2.45) is 5.92 Å². The second-order valence-corrected chi connectivity index (χ2v) is 3.70. The van der Waals surface area contributed by atoms with E-state index >= 15 is 0 Å². The summed E-state index contributed by atoms with van der Waals surface area (Å²) >= 11 is 0. The van der Waals surface area contributed by atoms with Gasteiger partial charge in [-0.25, -0.2) is 0 Å². The van der Waals surface area contributed by atoms with Crippen LogP contribution in [0, 0.1) is 5.92 Å². The molecule has 1 fully saturated rings. The Bertz CT molecular complexity index is 184. The first kappa shape index (κ1) is 10.5. The lowest BCUT2D eigenvalue weighted by Gasteiger charge is -2.34. The minimum atomic E-state index is -0.779. The molecule has 0 spiro atoms. The maximum atomic E-state index is 10.7. The van der Waals surface area contributed by atoms with Gasteiger partial charge >= 0.3 is 5.97 Å². The van der Waals surface area contributed by atoms with Crippen molar-refractivity contribution in [3.8, 4) is 0 Å². The van der Waals surface area contributed by atoms with Crippen LogP contribution in [0.5, 0.6) is 0 Å².